The molecule has 20 heavy (non-hydrogen) atoms. The molecule has 0 bridgehead atoms. The molecule has 0 radical (unpaired) electrons. The second kappa shape index (κ2) is 6.56. The Labute approximate surface area is 121 Å². The van der Waals surface area contributed by atoms with E-state index in [4.69, 9.17) is 5.73 Å². The van der Waals surface area contributed by atoms with Gasteiger partial charge in [0.15, 0.2) is 0 Å². The summed E-state index contributed by atoms with van der Waals surface area (Å²) < 4.78 is 26.6. The molecular weight excluding hydrogens is 274 g/mol. The van der Waals surface area contributed by atoms with Crippen LogP contribution in [-0.2, 0) is 10.0 Å². The van der Waals surface area contributed by atoms with E-state index in [1.165, 1.54) is 0 Å². The van der Waals surface area contributed by atoms with Crippen LogP contribution in [0.4, 0.5) is 5.69 Å². The van der Waals surface area contributed by atoms with Gasteiger partial charge in [-0.15, -0.1) is 0 Å². The van der Waals surface area contributed by atoms with Crippen LogP contribution in [0.3, 0.4) is 0 Å². The predicted octanol–water partition coefficient (Wildman–Crippen LogP) is 1.67. The standard InChI is InChI=1S/C14H23N3O2S/c1-2-11(15)9-10-16-12-5-7-14(8-6-12)20(18,19)17-13-3-4-13/h5-8,11,13,16-17H,2-4,9-10,15H2,1H3. The Hall–Kier alpha value is -1.11. The Kier molecular flexibility index (Phi) is 5.01. The monoisotopic (exact) mass is 297 g/mol. The van der Waals surface area contributed by atoms with Crippen molar-refractivity contribution in [2.24, 2.45) is 5.73 Å². The van der Waals surface area contributed by atoms with Crippen LogP contribution in [-0.4, -0.2) is 27.0 Å². The first-order valence-corrected chi connectivity index (χ1v) is 8.61. The van der Waals surface area contributed by atoms with E-state index in [-0.39, 0.29) is 12.1 Å². The summed E-state index contributed by atoms with van der Waals surface area (Å²) in [4.78, 5) is 0.320. The van der Waals surface area contributed by atoms with Crippen molar-refractivity contribution in [2.75, 3.05) is 11.9 Å². The van der Waals surface area contributed by atoms with Gasteiger partial charge in [0.1, 0.15) is 0 Å². The van der Waals surface area contributed by atoms with Crippen molar-refractivity contribution in [3.05, 3.63) is 24.3 Å². The largest absolute Gasteiger partial charge is 0.385 e. The Bertz CT molecular complexity index is 524. The van der Waals surface area contributed by atoms with E-state index in [0.29, 0.717) is 4.90 Å². The average Bonchev–Trinajstić information content (AvgIpc) is 3.22. The van der Waals surface area contributed by atoms with E-state index in [9.17, 15) is 8.42 Å². The SMILES string of the molecule is CCC(N)CCNc1ccc(S(=O)(=O)NC2CC2)cc1. The lowest BCUT2D eigenvalue weighted by atomic mass is 10.2. The molecule has 0 aromatic heterocycles. The molecule has 1 fully saturated rings. The van der Waals surface area contributed by atoms with Crippen LogP contribution in [0.25, 0.3) is 0 Å². The van der Waals surface area contributed by atoms with Gasteiger partial charge in [-0.05, 0) is 49.9 Å². The van der Waals surface area contributed by atoms with Gasteiger partial charge in [0.2, 0.25) is 10.0 Å². The summed E-state index contributed by atoms with van der Waals surface area (Å²) in [6.45, 7) is 2.86. The Balaban J connectivity index is 1.89. The molecule has 1 aliphatic rings. The maximum absolute atomic E-state index is 12.0. The fourth-order valence-electron chi connectivity index (χ4n) is 1.85. The van der Waals surface area contributed by atoms with Crippen molar-refractivity contribution < 1.29 is 8.42 Å². The number of sulfonamides is 1. The molecule has 2 rings (SSSR count). The van der Waals surface area contributed by atoms with Gasteiger partial charge >= 0.3 is 0 Å². The number of hydrogen-bond donors (Lipinski definition) is 3. The highest BCUT2D eigenvalue weighted by Crippen LogP contribution is 2.22. The van der Waals surface area contributed by atoms with E-state index in [1.54, 1.807) is 24.3 Å². The Morgan fingerprint density at radius 3 is 2.50 bits per heavy atom. The van der Waals surface area contributed by atoms with Crippen molar-refractivity contribution in [1.29, 1.82) is 0 Å². The van der Waals surface area contributed by atoms with Gasteiger partial charge in [0.25, 0.3) is 0 Å². The maximum Gasteiger partial charge on any atom is 0.240 e. The summed E-state index contributed by atoms with van der Waals surface area (Å²) in [7, 11) is -3.35. The van der Waals surface area contributed by atoms with Crippen LogP contribution in [0.2, 0.25) is 0 Å². The summed E-state index contributed by atoms with van der Waals surface area (Å²) in [5, 5.41) is 3.25. The maximum atomic E-state index is 12.0. The number of anilines is 1. The molecule has 6 heteroatoms. The smallest absolute Gasteiger partial charge is 0.240 e. The molecular formula is C14H23N3O2S. The first-order valence-electron chi connectivity index (χ1n) is 7.13. The van der Waals surface area contributed by atoms with Gasteiger partial charge in [-0.2, -0.15) is 0 Å². The highest BCUT2D eigenvalue weighted by molar-refractivity contribution is 7.89. The van der Waals surface area contributed by atoms with E-state index >= 15 is 0 Å². The van der Waals surface area contributed by atoms with E-state index in [2.05, 4.69) is 17.0 Å². The predicted molar refractivity (Wildman–Crippen MR) is 81.2 cm³/mol. The number of hydrogen-bond acceptors (Lipinski definition) is 4. The molecule has 1 aromatic rings. The lowest BCUT2D eigenvalue weighted by Crippen LogP contribution is -2.25. The zero-order valence-corrected chi connectivity index (χ0v) is 12.6. The van der Waals surface area contributed by atoms with Gasteiger partial charge in [0.05, 0.1) is 4.90 Å². The summed E-state index contributed by atoms with van der Waals surface area (Å²) in [6, 6.07) is 7.19. The van der Waals surface area contributed by atoms with Crippen molar-refractivity contribution >= 4 is 15.7 Å². The molecule has 1 atom stereocenters. The second-order valence-electron chi connectivity index (χ2n) is 5.30. The molecule has 0 spiro atoms. The quantitative estimate of drug-likeness (QED) is 0.681. The molecule has 1 aromatic carbocycles. The van der Waals surface area contributed by atoms with E-state index in [0.717, 1.165) is 37.9 Å². The minimum absolute atomic E-state index is 0.133. The number of rotatable bonds is 8. The molecule has 112 valence electrons. The normalized spacial score (nSPS) is 16.9. The van der Waals surface area contributed by atoms with Crippen LogP contribution < -0.4 is 15.8 Å². The van der Waals surface area contributed by atoms with Crippen molar-refractivity contribution in [1.82, 2.24) is 4.72 Å². The molecule has 4 N–H and O–H groups in total. The van der Waals surface area contributed by atoms with Crippen LogP contribution in [0, 0.1) is 0 Å². The third-order valence-electron chi connectivity index (χ3n) is 3.43. The van der Waals surface area contributed by atoms with Gasteiger partial charge in [-0.3, -0.25) is 0 Å². The van der Waals surface area contributed by atoms with Crippen LogP contribution >= 0.6 is 0 Å². The zero-order valence-electron chi connectivity index (χ0n) is 11.8. The van der Waals surface area contributed by atoms with E-state index in [1.807, 2.05) is 0 Å². The molecule has 5 nitrogen and oxygen atoms in total. The minimum Gasteiger partial charge on any atom is -0.385 e. The van der Waals surface area contributed by atoms with Crippen molar-refractivity contribution in [2.45, 2.75) is 49.6 Å². The fraction of sp³-hybridized carbons (Fsp3) is 0.571. The summed E-state index contributed by atoms with van der Waals surface area (Å²) in [6.07, 6.45) is 3.75. The number of nitrogens with two attached hydrogens (primary N) is 1. The minimum atomic E-state index is -3.35. The molecule has 1 aliphatic carbocycles. The average molecular weight is 297 g/mol. The lowest BCUT2D eigenvalue weighted by Gasteiger charge is -2.11. The fourth-order valence-corrected chi connectivity index (χ4v) is 3.15. The first-order chi connectivity index (χ1) is 9.51. The van der Waals surface area contributed by atoms with Crippen LogP contribution in [0.5, 0.6) is 0 Å². The molecule has 1 saturated carbocycles. The third kappa shape index (κ3) is 4.47. The van der Waals surface area contributed by atoms with Crippen molar-refractivity contribution in [3.63, 3.8) is 0 Å². The molecule has 1 unspecified atom stereocenters. The Morgan fingerprint density at radius 1 is 1.30 bits per heavy atom. The van der Waals surface area contributed by atoms with Gasteiger partial charge < -0.3 is 11.1 Å². The van der Waals surface area contributed by atoms with Crippen LogP contribution in [0.15, 0.2) is 29.2 Å². The second-order valence-corrected chi connectivity index (χ2v) is 7.02. The summed E-state index contributed by atoms with van der Waals surface area (Å²) >= 11 is 0. The number of nitrogens with one attached hydrogen (secondary N) is 2. The van der Waals surface area contributed by atoms with Crippen LogP contribution in [0.1, 0.15) is 32.6 Å². The molecule has 0 heterocycles. The summed E-state index contributed by atoms with van der Waals surface area (Å²) in [5.41, 5.74) is 6.76. The van der Waals surface area contributed by atoms with Crippen molar-refractivity contribution in [3.8, 4) is 0 Å². The number of benzene rings is 1. The molecule has 0 saturated heterocycles. The highest BCUT2D eigenvalue weighted by Gasteiger charge is 2.27. The first kappa shape index (κ1) is 15.3. The van der Waals surface area contributed by atoms with Gasteiger partial charge in [-0.1, -0.05) is 6.92 Å². The Morgan fingerprint density at radius 2 is 1.95 bits per heavy atom. The lowest BCUT2D eigenvalue weighted by molar-refractivity contribution is 0.581. The van der Waals surface area contributed by atoms with Gasteiger partial charge in [-0.25, -0.2) is 13.1 Å². The van der Waals surface area contributed by atoms with E-state index < -0.39 is 10.0 Å². The summed E-state index contributed by atoms with van der Waals surface area (Å²) in [5.74, 6) is 0. The van der Waals surface area contributed by atoms with Gasteiger partial charge in [0, 0.05) is 24.3 Å². The molecule has 0 amide bonds. The zero-order chi connectivity index (χ0) is 14.6. The molecule has 0 aliphatic heterocycles. The third-order valence-corrected chi connectivity index (χ3v) is 4.97. The topological polar surface area (TPSA) is 84.2 Å². The highest BCUT2D eigenvalue weighted by atomic mass is 32.2.